The molecule has 1 aromatic carbocycles. The van der Waals surface area contributed by atoms with Crippen molar-refractivity contribution < 1.29 is 13.9 Å². The fourth-order valence-corrected chi connectivity index (χ4v) is 2.58. The van der Waals surface area contributed by atoms with Crippen molar-refractivity contribution in [3.63, 3.8) is 0 Å². The van der Waals surface area contributed by atoms with Crippen molar-refractivity contribution in [2.75, 3.05) is 0 Å². The Labute approximate surface area is 130 Å². The van der Waals surface area contributed by atoms with Crippen LogP contribution in [0.1, 0.15) is 67.8 Å². The van der Waals surface area contributed by atoms with Crippen LogP contribution in [-0.4, -0.2) is 10.8 Å². The molecule has 0 spiro atoms. The lowest BCUT2D eigenvalue weighted by atomic mass is 9.94. The van der Waals surface area contributed by atoms with Gasteiger partial charge in [0.1, 0.15) is 11.5 Å². The fourth-order valence-electron chi connectivity index (χ4n) is 2.58. The molecule has 2 aromatic rings. The first-order valence-corrected chi connectivity index (χ1v) is 7.63. The number of aromatic nitrogens is 1. The lowest BCUT2D eigenvalue weighted by Gasteiger charge is -2.15. The molecular formula is C18H21NO3. The Morgan fingerprint density at radius 3 is 2.73 bits per heavy atom. The third-order valence-corrected chi connectivity index (χ3v) is 3.92. The molecule has 1 aliphatic carbocycles. The van der Waals surface area contributed by atoms with Crippen LogP contribution in [0.2, 0.25) is 0 Å². The summed E-state index contributed by atoms with van der Waals surface area (Å²) in [6, 6.07) is 5.64. The van der Waals surface area contributed by atoms with Crippen molar-refractivity contribution in [3.8, 4) is 5.75 Å². The molecule has 0 aliphatic heterocycles. The molecule has 116 valence electrons. The average molecular weight is 299 g/mol. The van der Waals surface area contributed by atoms with E-state index < -0.39 is 0 Å². The lowest BCUT2D eigenvalue weighted by molar-refractivity contribution is 0.0994. The molecular weight excluding hydrogens is 278 g/mol. The van der Waals surface area contributed by atoms with E-state index in [4.69, 9.17) is 9.15 Å². The Bertz CT molecular complexity index is 709. The van der Waals surface area contributed by atoms with Gasteiger partial charge in [0.25, 0.3) is 0 Å². The maximum absolute atomic E-state index is 11.7. The van der Waals surface area contributed by atoms with Crippen LogP contribution in [0, 0.1) is 0 Å². The molecule has 1 aliphatic rings. The van der Waals surface area contributed by atoms with E-state index in [1.807, 2.05) is 25.1 Å². The van der Waals surface area contributed by atoms with Crippen molar-refractivity contribution >= 4 is 5.78 Å². The summed E-state index contributed by atoms with van der Waals surface area (Å²) in [4.78, 5) is 16.0. The molecule has 0 saturated heterocycles. The van der Waals surface area contributed by atoms with Gasteiger partial charge in [-0.25, -0.2) is 4.98 Å². The zero-order valence-electron chi connectivity index (χ0n) is 13.5. The minimum atomic E-state index is -0.272. The molecule has 0 bridgehead atoms. The Kier molecular flexibility index (Phi) is 3.55. The second-order valence-electron chi connectivity index (χ2n) is 6.81. The molecule has 0 fully saturated rings. The topological polar surface area (TPSA) is 52.3 Å². The summed E-state index contributed by atoms with van der Waals surface area (Å²) in [6.45, 7) is 8.16. The van der Waals surface area contributed by atoms with Gasteiger partial charge < -0.3 is 9.15 Å². The number of Topliss-reactive ketones (excluding diaryl/α,β-unsaturated/α-hetero) is 1. The molecule has 1 unspecified atom stereocenters. The molecule has 1 atom stereocenters. The van der Waals surface area contributed by atoms with E-state index in [-0.39, 0.29) is 17.3 Å². The first-order chi connectivity index (χ1) is 10.3. The number of nitrogens with zero attached hydrogens (tertiary/aromatic N) is 1. The maximum atomic E-state index is 11.7. The Morgan fingerprint density at radius 1 is 1.27 bits per heavy atom. The minimum Gasteiger partial charge on any atom is -0.481 e. The van der Waals surface area contributed by atoms with Gasteiger partial charge in [0, 0.05) is 17.4 Å². The standard InChI is InChI=1S/C18H21NO3/c1-11(17-19-10-16(22-17)18(2,3)4)21-13-6-7-14-12(9-13)5-8-15(14)20/h6-7,9-11H,5,8H2,1-4H3. The van der Waals surface area contributed by atoms with Crippen LogP contribution in [0.15, 0.2) is 28.8 Å². The molecule has 4 nitrogen and oxygen atoms in total. The number of fused-ring (bicyclic) bond motifs is 1. The molecule has 22 heavy (non-hydrogen) atoms. The lowest BCUT2D eigenvalue weighted by Crippen LogP contribution is -2.09. The van der Waals surface area contributed by atoms with Crippen LogP contribution in [0.4, 0.5) is 0 Å². The molecule has 0 amide bonds. The monoisotopic (exact) mass is 299 g/mol. The summed E-state index contributed by atoms with van der Waals surface area (Å²) in [7, 11) is 0. The minimum absolute atomic E-state index is 0.0705. The van der Waals surface area contributed by atoms with Crippen LogP contribution in [0.5, 0.6) is 5.75 Å². The number of ketones is 1. The van der Waals surface area contributed by atoms with Crippen LogP contribution >= 0.6 is 0 Å². The first kappa shape index (κ1) is 14.8. The highest BCUT2D eigenvalue weighted by Gasteiger charge is 2.23. The summed E-state index contributed by atoms with van der Waals surface area (Å²) in [6.07, 6.45) is 2.89. The highest BCUT2D eigenvalue weighted by Crippen LogP contribution is 2.30. The Hall–Kier alpha value is -2.10. The summed E-state index contributed by atoms with van der Waals surface area (Å²) in [5, 5.41) is 0. The van der Waals surface area contributed by atoms with Crippen LogP contribution in [-0.2, 0) is 11.8 Å². The normalized spacial score (nSPS) is 15.7. The van der Waals surface area contributed by atoms with Crippen molar-refractivity contribution in [1.82, 2.24) is 4.98 Å². The highest BCUT2D eigenvalue weighted by atomic mass is 16.5. The van der Waals surface area contributed by atoms with Crippen molar-refractivity contribution in [3.05, 3.63) is 47.2 Å². The second kappa shape index (κ2) is 5.27. The van der Waals surface area contributed by atoms with E-state index in [2.05, 4.69) is 25.8 Å². The molecule has 1 heterocycles. The van der Waals surface area contributed by atoms with Gasteiger partial charge in [-0.1, -0.05) is 20.8 Å². The average Bonchev–Trinajstić information content (AvgIpc) is 3.06. The third kappa shape index (κ3) is 2.78. The predicted octanol–water partition coefficient (Wildman–Crippen LogP) is 4.24. The van der Waals surface area contributed by atoms with Gasteiger partial charge in [0.05, 0.1) is 6.20 Å². The number of hydrogen-bond donors (Lipinski definition) is 0. The van der Waals surface area contributed by atoms with E-state index in [0.717, 1.165) is 29.1 Å². The first-order valence-electron chi connectivity index (χ1n) is 7.63. The van der Waals surface area contributed by atoms with Crippen LogP contribution in [0.25, 0.3) is 0 Å². The predicted molar refractivity (Wildman–Crippen MR) is 83.3 cm³/mol. The van der Waals surface area contributed by atoms with Crippen molar-refractivity contribution in [2.45, 2.75) is 52.1 Å². The van der Waals surface area contributed by atoms with Gasteiger partial charge in [-0.05, 0) is 37.1 Å². The van der Waals surface area contributed by atoms with Crippen LogP contribution < -0.4 is 4.74 Å². The molecule has 0 N–H and O–H groups in total. The van der Waals surface area contributed by atoms with Crippen molar-refractivity contribution in [1.29, 1.82) is 0 Å². The second-order valence-corrected chi connectivity index (χ2v) is 6.81. The third-order valence-electron chi connectivity index (χ3n) is 3.92. The number of hydrogen-bond acceptors (Lipinski definition) is 4. The SMILES string of the molecule is CC(Oc1ccc2c(c1)CCC2=O)c1ncc(C(C)(C)C)o1. The van der Waals surface area contributed by atoms with Gasteiger partial charge in [0.15, 0.2) is 11.9 Å². The van der Waals surface area contributed by atoms with E-state index in [1.165, 1.54) is 0 Å². The number of benzene rings is 1. The molecule has 1 aromatic heterocycles. The van der Waals surface area contributed by atoms with Crippen molar-refractivity contribution in [2.24, 2.45) is 0 Å². The number of carbonyl (C=O) groups is 1. The zero-order chi connectivity index (χ0) is 15.9. The number of ether oxygens (including phenoxy) is 1. The van der Waals surface area contributed by atoms with E-state index in [0.29, 0.717) is 12.3 Å². The van der Waals surface area contributed by atoms with Crippen LogP contribution in [0.3, 0.4) is 0 Å². The molecule has 3 rings (SSSR count). The van der Waals surface area contributed by atoms with E-state index in [1.54, 1.807) is 6.20 Å². The number of carbonyl (C=O) groups excluding carboxylic acids is 1. The van der Waals surface area contributed by atoms with E-state index >= 15 is 0 Å². The highest BCUT2D eigenvalue weighted by molar-refractivity contribution is 6.00. The zero-order valence-corrected chi connectivity index (χ0v) is 13.5. The number of oxazole rings is 1. The summed E-state index contributed by atoms with van der Waals surface area (Å²) < 4.78 is 11.7. The number of rotatable bonds is 3. The number of aryl methyl sites for hydroxylation is 1. The fraction of sp³-hybridized carbons (Fsp3) is 0.444. The smallest absolute Gasteiger partial charge is 0.235 e. The van der Waals surface area contributed by atoms with Gasteiger partial charge in [0.2, 0.25) is 5.89 Å². The summed E-state index contributed by atoms with van der Waals surface area (Å²) in [5.74, 6) is 2.38. The largest absolute Gasteiger partial charge is 0.481 e. The molecule has 0 radical (unpaired) electrons. The summed E-state index contributed by atoms with van der Waals surface area (Å²) in [5.41, 5.74) is 1.82. The van der Waals surface area contributed by atoms with Gasteiger partial charge >= 0.3 is 0 Å². The molecule has 4 heteroatoms. The molecule has 0 saturated carbocycles. The maximum Gasteiger partial charge on any atom is 0.235 e. The Balaban J connectivity index is 1.76. The van der Waals surface area contributed by atoms with E-state index in [9.17, 15) is 4.79 Å². The van der Waals surface area contributed by atoms with Gasteiger partial charge in [-0.15, -0.1) is 0 Å². The van der Waals surface area contributed by atoms with Gasteiger partial charge in [-0.3, -0.25) is 4.79 Å². The quantitative estimate of drug-likeness (QED) is 0.850. The summed E-state index contributed by atoms with van der Waals surface area (Å²) >= 11 is 0. The Morgan fingerprint density at radius 2 is 2.05 bits per heavy atom. The van der Waals surface area contributed by atoms with Gasteiger partial charge in [-0.2, -0.15) is 0 Å².